The summed E-state index contributed by atoms with van der Waals surface area (Å²) in [5.41, 5.74) is 2.51. The van der Waals surface area contributed by atoms with E-state index in [1.165, 1.54) is 0 Å². The van der Waals surface area contributed by atoms with Crippen molar-refractivity contribution in [2.75, 3.05) is 20.3 Å². The number of esters is 1. The first kappa shape index (κ1) is 20.3. The molecule has 6 heteroatoms. The lowest BCUT2D eigenvalue weighted by Crippen LogP contribution is -2.31. The van der Waals surface area contributed by atoms with Gasteiger partial charge in [-0.3, -0.25) is 4.79 Å². The molecule has 3 rings (SSSR count). The van der Waals surface area contributed by atoms with Gasteiger partial charge in [0, 0.05) is 17.5 Å². The van der Waals surface area contributed by atoms with E-state index in [0.29, 0.717) is 40.4 Å². The highest BCUT2D eigenvalue weighted by Crippen LogP contribution is 2.28. The van der Waals surface area contributed by atoms with E-state index in [0.717, 1.165) is 5.56 Å². The first-order valence-corrected chi connectivity index (χ1v) is 9.46. The summed E-state index contributed by atoms with van der Waals surface area (Å²) in [5, 5.41) is 3.34. The molecule has 0 atom stereocenters. The molecule has 29 heavy (non-hydrogen) atoms. The average Bonchev–Trinajstić information content (AvgIpc) is 2.75. The van der Waals surface area contributed by atoms with Gasteiger partial charge in [0.2, 0.25) is 0 Å². The van der Waals surface area contributed by atoms with Crippen LogP contribution < -0.4 is 10.1 Å². The number of methoxy groups -OCH3 is 1. The minimum Gasteiger partial charge on any atom is -0.497 e. The smallest absolute Gasteiger partial charge is 0.339 e. The molecule has 2 aromatic carbocycles. The molecule has 1 heterocycles. The summed E-state index contributed by atoms with van der Waals surface area (Å²) in [7, 11) is 1.56. The maximum Gasteiger partial charge on any atom is 0.339 e. The van der Waals surface area contributed by atoms with Gasteiger partial charge in [-0.15, -0.1) is 0 Å². The van der Waals surface area contributed by atoms with Crippen LogP contribution >= 0.6 is 0 Å². The number of carbonyl (C=O) groups is 2. The number of benzene rings is 2. The van der Waals surface area contributed by atoms with E-state index >= 15 is 0 Å². The first-order valence-electron chi connectivity index (χ1n) is 9.46. The first-order chi connectivity index (χ1) is 14.0. The normalized spacial score (nSPS) is 10.8. The van der Waals surface area contributed by atoms with Gasteiger partial charge < -0.3 is 14.8 Å². The van der Waals surface area contributed by atoms with Crippen molar-refractivity contribution >= 4 is 22.8 Å². The predicted molar refractivity (Wildman–Crippen MR) is 112 cm³/mol. The fourth-order valence-corrected chi connectivity index (χ4v) is 2.84. The molecular weight excluding hydrogens is 368 g/mol. The number of hydrogen-bond acceptors (Lipinski definition) is 5. The second-order valence-corrected chi connectivity index (χ2v) is 7.08. The Hall–Kier alpha value is -3.41. The third kappa shape index (κ3) is 5.10. The summed E-state index contributed by atoms with van der Waals surface area (Å²) in [5.74, 6) is 0.0176. The van der Waals surface area contributed by atoms with Crippen molar-refractivity contribution < 1.29 is 19.1 Å². The zero-order valence-corrected chi connectivity index (χ0v) is 16.8. The molecule has 0 aliphatic heterocycles. The monoisotopic (exact) mass is 392 g/mol. The molecule has 0 saturated heterocycles. The summed E-state index contributed by atoms with van der Waals surface area (Å²) < 4.78 is 10.6. The lowest BCUT2D eigenvalue weighted by molar-refractivity contribution is -0.124. The van der Waals surface area contributed by atoms with Crippen LogP contribution in [0.4, 0.5) is 0 Å². The van der Waals surface area contributed by atoms with Gasteiger partial charge in [-0.2, -0.15) is 0 Å². The molecule has 0 aliphatic carbocycles. The van der Waals surface area contributed by atoms with Gasteiger partial charge in [0.15, 0.2) is 6.61 Å². The Morgan fingerprint density at radius 1 is 1.07 bits per heavy atom. The van der Waals surface area contributed by atoms with Crippen LogP contribution in [0, 0.1) is 5.92 Å². The zero-order valence-electron chi connectivity index (χ0n) is 16.8. The fraction of sp³-hybridized carbons (Fsp3) is 0.261. The van der Waals surface area contributed by atoms with Crippen molar-refractivity contribution in [3.63, 3.8) is 0 Å². The Morgan fingerprint density at radius 2 is 1.83 bits per heavy atom. The number of carbonyl (C=O) groups excluding carboxylic acids is 2. The summed E-state index contributed by atoms with van der Waals surface area (Å²) in [6.45, 7) is 4.19. The summed E-state index contributed by atoms with van der Waals surface area (Å²) in [6.07, 6.45) is 0. The molecule has 0 radical (unpaired) electrons. The van der Waals surface area contributed by atoms with E-state index in [4.69, 9.17) is 9.47 Å². The number of aromatic nitrogens is 1. The SMILES string of the molecule is COc1ccc2nc(-c3ccccc3)cc(C(=O)OCC(=O)NCC(C)C)c2c1. The van der Waals surface area contributed by atoms with Crippen LogP contribution in [0.15, 0.2) is 54.6 Å². The van der Waals surface area contributed by atoms with Crippen molar-refractivity contribution in [3.05, 3.63) is 60.2 Å². The van der Waals surface area contributed by atoms with Gasteiger partial charge in [-0.25, -0.2) is 9.78 Å². The molecule has 3 aromatic rings. The van der Waals surface area contributed by atoms with Crippen LogP contribution in [0.25, 0.3) is 22.2 Å². The van der Waals surface area contributed by atoms with Crippen molar-refractivity contribution in [2.45, 2.75) is 13.8 Å². The van der Waals surface area contributed by atoms with Crippen LogP contribution in [0.1, 0.15) is 24.2 Å². The Labute approximate surface area is 169 Å². The van der Waals surface area contributed by atoms with E-state index in [9.17, 15) is 9.59 Å². The topological polar surface area (TPSA) is 77.5 Å². The number of rotatable bonds is 7. The maximum absolute atomic E-state index is 12.8. The van der Waals surface area contributed by atoms with E-state index < -0.39 is 5.97 Å². The molecule has 6 nitrogen and oxygen atoms in total. The Bertz CT molecular complexity index is 1020. The second-order valence-electron chi connectivity index (χ2n) is 7.08. The van der Waals surface area contributed by atoms with Crippen molar-refractivity contribution in [1.82, 2.24) is 10.3 Å². The number of hydrogen-bond donors (Lipinski definition) is 1. The lowest BCUT2D eigenvalue weighted by atomic mass is 10.0. The van der Waals surface area contributed by atoms with E-state index in [2.05, 4.69) is 10.3 Å². The molecule has 150 valence electrons. The fourth-order valence-electron chi connectivity index (χ4n) is 2.84. The van der Waals surface area contributed by atoms with Gasteiger partial charge in [-0.05, 0) is 30.2 Å². The number of pyridine rings is 1. The Kier molecular flexibility index (Phi) is 6.44. The number of nitrogens with zero attached hydrogens (tertiary/aromatic N) is 1. The molecule has 0 saturated carbocycles. The quantitative estimate of drug-likeness (QED) is 0.618. The van der Waals surface area contributed by atoms with Gasteiger partial charge in [0.25, 0.3) is 5.91 Å². The molecule has 0 fully saturated rings. The highest BCUT2D eigenvalue weighted by molar-refractivity contribution is 6.05. The minimum absolute atomic E-state index is 0.319. The van der Waals surface area contributed by atoms with Gasteiger partial charge in [0.05, 0.1) is 23.9 Å². The largest absolute Gasteiger partial charge is 0.497 e. The van der Waals surface area contributed by atoms with Crippen molar-refractivity contribution in [2.24, 2.45) is 5.92 Å². The number of nitrogens with one attached hydrogen (secondary N) is 1. The zero-order chi connectivity index (χ0) is 20.8. The van der Waals surface area contributed by atoms with Gasteiger partial charge in [-0.1, -0.05) is 44.2 Å². The highest BCUT2D eigenvalue weighted by Gasteiger charge is 2.17. The van der Waals surface area contributed by atoms with Crippen LogP contribution in [-0.2, 0) is 9.53 Å². The molecule has 1 amide bonds. The summed E-state index contributed by atoms with van der Waals surface area (Å²) in [6, 6.07) is 16.6. The number of amides is 1. The van der Waals surface area contributed by atoms with Crippen LogP contribution in [-0.4, -0.2) is 37.1 Å². The standard InChI is InChI=1S/C23H24N2O4/c1-15(2)13-24-22(26)14-29-23(27)19-12-21(16-7-5-4-6-8-16)25-20-10-9-17(28-3)11-18(19)20/h4-12,15H,13-14H2,1-3H3,(H,24,26). The molecule has 0 spiro atoms. The van der Waals surface area contributed by atoms with Crippen LogP contribution in [0.3, 0.4) is 0 Å². The van der Waals surface area contributed by atoms with E-state index in [1.807, 2.05) is 44.2 Å². The van der Waals surface area contributed by atoms with Crippen LogP contribution in [0.5, 0.6) is 5.75 Å². The predicted octanol–water partition coefficient (Wildman–Crippen LogP) is 3.84. The Balaban J connectivity index is 1.93. The minimum atomic E-state index is -0.581. The summed E-state index contributed by atoms with van der Waals surface area (Å²) >= 11 is 0. The van der Waals surface area contributed by atoms with E-state index in [1.54, 1.807) is 31.4 Å². The molecule has 1 aromatic heterocycles. The van der Waals surface area contributed by atoms with Crippen molar-refractivity contribution in [1.29, 1.82) is 0 Å². The second kappa shape index (κ2) is 9.19. The van der Waals surface area contributed by atoms with E-state index in [-0.39, 0.29) is 12.5 Å². The molecule has 0 bridgehead atoms. The van der Waals surface area contributed by atoms with Crippen molar-refractivity contribution in [3.8, 4) is 17.0 Å². The molecule has 0 aliphatic rings. The number of fused-ring (bicyclic) bond motifs is 1. The number of ether oxygens (including phenoxy) is 2. The lowest BCUT2D eigenvalue weighted by Gasteiger charge is -2.12. The maximum atomic E-state index is 12.8. The average molecular weight is 392 g/mol. The molecule has 0 unspecified atom stereocenters. The third-order valence-electron chi connectivity index (χ3n) is 4.35. The third-order valence-corrected chi connectivity index (χ3v) is 4.35. The molecular formula is C23H24N2O4. The van der Waals surface area contributed by atoms with Gasteiger partial charge in [0.1, 0.15) is 5.75 Å². The molecule has 1 N–H and O–H groups in total. The van der Waals surface area contributed by atoms with Crippen LogP contribution in [0.2, 0.25) is 0 Å². The highest BCUT2D eigenvalue weighted by atomic mass is 16.5. The Morgan fingerprint density at radius 3 is 2.52 bits per heavy atom. The summed E-state index contributed by atoms with van der Waals surface area (Å²) in [4.78, 5) is 29.4. The van der Waals surface area contributed by atoms with Gasteiger partial charge >= 0.3 is 5.97 Å².